The maximum absolute atomic E-state index is 5.83. The van der Waals surface area contributed by atoms with E-state index in [1.807, 2.05) is 0 Å². The van der Waals surface area contributed by atoms with Crippen LogP contribution in [0.5, 0.6) is 0 Å². The summed E-state index contributed by atoms with van der Waals surface area (Å²) in [7, 11) is 0. The lowest BCUT2D eigenvalue weighted by Crippen LogP contribution is -2.28. The molecule has 0 saturated heterocycles. The SMILES string of the molecule is CCCCN(CCOCCc1ccccc1)c1ccccc1. The highest BCUT2D eigenvalue weighted by Gasteiger charge is 2.05. The van der Waals surface area contributed by atoms with Crippen LogP contribution in [0.15, 0.2) is 60.7 Å². The average molecular weight is 297 g/mol. The summed E-state index contributed by atoms with van der Waals surface area (Å²) in [6, 6.07) is 21.2. The van der Waals surface area contributed by atoms with Crippen molar-refractivity contribution in [3.8, 4) is 0 Å². The largest absolute Gasteiger partial charge is 0.379 e. The fourth-order valence-electron chi connectivity index (χ4n) is 2.47. The molecule has 0 aliphatic rings. The number of benzene rings is 2. The van der Waals surface area contributed by atoms with Gasteiger partial charge < -0.3 is 9.64 Å². The Morgan fingerprint density at radius 2 is 1.50 bits per heavy atom. The van der Waals surface area contributed by atoms with Gasteiger partial charge >= 0.3 is 0 Å². The van der Waals surface area contributed by atoms with E-state index in [0.717, 1.165) is 32.7 Å². The van der Waals surface area contributed by atoms with E-state index in [4.69, 9.17) is 4.74 Å². The summed E-state index contributed by atoms with van der Waals surface area (Å²) in [4.78, 5) is 2.42. The Bertz CT molecular complexity index is 498. The third kappa shape index (κ3) is 5.90. The molecule has 0 N–H and O–H groups in total. The highest BCUT2D eigenvalue weighted by Crippen LogP contribution is 2.13. The molecule has 0 heterocycles. The zero-order valence-electron chi connectivity index (χ0n) is 13.6. The van der Waals surface area contributed by atoms with Crippen LogP contribution in [0.1, 0.15) is 25.3 Å². The summed E-state index contributed by atoms with van der Waals surface area (Å²) in [5, 5.41) is 0. The first-order valence-electron chi connectivity index (χ1n) is 8.32. The minimum absolute atomic E-state index is 0.783. The molecule has 0 spiro atoms. The molecule has 2 rings (SSSR count). The van der Waals surface area contributed by atoms with E-state index in [1.54, 1.807) is 0 Å². The van der Waals surface area contributed by atoms with Crippen LogP contribution >= 0.6 is 0 Å². The smallest absolute Gasteiger partial charge is 0.0641 e. The molecule has 0 aromatic heterocycles. The number of anilines is 1. The molecule has 2 heteroatoms. The Kier molecular flexibility index (Phi) is 7.54. The highest BCUT2D eigenvalue weighted by molar-refractivity contribution is 5.45. The maximum Gasteiger partial charge on any atom is 0.0641 e. The zero-order chi connectivity index (χ0) is 15.5. The predicted octanol–water partition coefficient (Wildman–Crippen LogP) is 4.55. The van der Waals surface area contributed by atoms with Crippen molar-refractivity contribution >= 4 is 5.69 Å². The Morgan fingerprint density at radius 1 is 0.818 bits per heavy atom. The van der Waals surface area contributed by atoms with Gasteiger partial charge in [0.2, 0.25) is 0 Å². The number of para-hydroxylation sites is 1. The maximum atomic E-state index is 5.83. The van der Waals surface area contributed by atoms with Gasteiger partial charge in [-0.05, 0) is 30.5 Å². The zero-order valence-corrected chi connectivity index (χ0v) is 13.6. The van der Waals surface area contributed by atoms with Gasteiger partial charge in [0, 0.05) is 18.8 Å². The van der Waals surface area contributed by atoms with Gasteiger partial charge in [-0.15, -0.1) is 0 Å². The van der Waals surface area contributed by atoms with E-state index in [1.165, 1.54) is 24.1 Å². The Labute approximate surface area is 134 Å². The second kappa shape index (κ2) is 10.0. The fraction of sp³-hybridized carbons (Fsp3) is 0.400. The van der Waals surface area contributed by atoms with E-state index >= 15 is 0 Å². The van der Waals surface area contributed by atoms with Gasteiger partial charge in [-0.1, -0.05) is 61.9 Å². The average Bonchev–Trinajstić information content (AvgIpc) is 2.59. The molecular formula is C20H27NO. The van der Waals surface area contributed by atoms with Crippen LogP contribution < -0.4 is 4.90 Å². The van der Waals surface area contributed by atoms with Crippen molar-refractivity contribution in [3.63, 3.8) is 0 Å². The van der Waals surface area contributed by atoms with E-state index in [9.17, 15) is 0 Å². The van der Waals surface area contributed by atoms with Crippen LogP contribution in [0.4, 0.5) is 5.69 Å². The van der Waals surface area contributed by atoms with Gasteiger partial charge in [-0.3, -0.25) is 0 Å². The molecule has 0 unspecified atom stereocenters. The van der Waals surface area contributed by atoms with Crippen molar-refractivity contribution in [2.75, 3.05) is 31.2 Å². The fourth-order valence-corrected chi connectivity index (χ4v) is 2.47. The van der Waals surface area contributed by atoms with Crippen LogP contribution in [0.25, 0.3) is 0 Å². The van der Waals surface area contributed by atoms with Gasteiger partial charge in [0.15, 0.2) is 0 Å². The lowest BCUT2D eigenvalue weighted by molar-refractivity contribution is 0.143. The van der Waals surface area contributed by atoms with Crippen molar-refractivity contribution in [2.45, 2.75) is 26.2 Å². The van der Waals surface area contributed by atoms with Gasteiger partial charge in [0.1, 0.15) is 0 Å². The first-order valence-corrected chi connectivity index (χ1v) is 8.32. The third-order valence-corrected chi connectivity index (χ3v) is 3.79. The Morgan fingerprint density at radius 3 is 2.18 bits per heavy atom. The highest BCUT2D eigenvalue weighted by atomic mass is 16.5. The van der Waals surface area contributed by atoms with Crippen LogP contribution in [-0.4, -0.2) is 26.3 Å². The minimum atomic E-state index is 0.783. The van der Waals surface area contributed by atoms with E-state index < -0.39 is 0 Å². The number of hydrogen-bond donors (Lipinski definition) is 0. The monoisotopic (exact) mass is 297 g/mol. The molecule has 0 saturated carbocycles. The summed E-state index contributed by atoms with van der Waals surface area (Å²) in [5.74, 6) is 0. The van der Waals surface area contributed by atoms with Crippen LogP contribution in [-0.2, 0) is 11.2 Å². The molecule has 0 atom stereocenters. The molecule has 0 bridgehead atoms. The van der Waals surface area contributed by atoms with Crippen molar-refractivity contribution < 1.29 is 4.74 Å². The van der Waals surface area contributed by atoms with E-state index in [-0.39, 0.29) is 0 Å². The predicted molar refractivity (Wildman–Crippen MR) is 94.5 cm³/mol. The standard InChI is InChI=1S/C20H27NO/c1-2-3-15-21(20-12-8-5-9-13-20)16-18-22-17-14-19-10-6-4-7-11-19/h4-13H,2-3,14-18H2,1H3. The first-order chi connectivity index (χ1) is 10.9. The van der Waals surface area contributed by atoms with Gasteiger partial charge in [0.05, 0.1) is 13.2 Å². The molecule has 0 amide bonds. The molecule has 22 heavy (non-hydrogen) atoms. The first kappa shape index (κ1) is 16.6. The summed E-state index contributed by atoms with van der Waals surface area (Å²) in [6.07, 6.45) is 3.43. The van der Waals surface area contributed by atoms with Gasteiger partial charge in [-0.25, -0.2) is 0 Å². The second-order valence-corrected chi connectivity index (χ2v) is 5.52. The van der Waals surface area contributed by atoms with Crippen molar-refractivity contribution in [1.29, 1.82) is 0 Å². The molecule has 0 radical (unpaired) electrons. The molecule has 0 aliphatic carbocycles. The normalized spacial score (nSPS) is 10.6. The number of unbranched alkanes of at least 4 members (excludes halogenated alkanes) is 1. The molecule has 118 valence electrons. The second-order valence-electron chi connectivity index (χ2n) is 5.52. The van der Waals surface area contributed by atoms with Gasteiger partial charge in [0.25, 0.3) is 0 Å². The summed E-state index contributed by atoms with van der Waals surface area (Å²) in [5.41, 5.74) is 2.64. The number of nitrogens with zero attached hydrogens (tertiary/aromatic N) is 1. The molecule has 2 aromatic carbocycles. The van der Waals surface area contributed by atoms with Crippen molar-refractivity contribution in [1.82, 2.24) is 0 Å². The van der Waals surface area contributed by atoms with Crippen molar-refractivity contribution in [3.05, 3.63) is 66.2 Å². The Hall–Kier alpha value is -1.80. The number of ether oxygens (including phenoxy) is 1. The molecule has 0 aliphatic heterocycles. The summed E-state index contributed by atoms with van der Waals surface area (Å²) < 4.78 is 5.83. The van der Waals surface area contributed by atoms with Crippen molar-refractivity contribution in [2.24, 2.45) is 0 Å². The summed E-state index contributed by atoms with van der Waals surface area (Å²) in [6.45, 7) is 5.87. The molecule has 0 fully saturated rings. The summed E-state index contributed by atoms with van der Waals surface area (Å²) >= 11 is 0. The molecule has 2 nitrogen and oxygen atoms in total. The molecule has 2 aromatic rings. The number of hydrogen-bond acceptors (Lipinski definition) is 2. The third-order valence-electron chi connectivity index (χ3n) is 3.79. The number of rotatable bonds is 10. The van der Waals surface area contributed by atoms with E-state index in [2.05, 4.69) is 72.5 Å². The van der Waals surface area contributed by atoms with Crippen LogP contribution in [0.3, 0.4) is 0 Å². The van der Waals surface area contributed by atoms with Crippen LogP contribution in [0.2, 0.25) is 0 Å². The Balaban J connectivity index is 1.72. The lowest BCUT2D eigenvalue weighted by atomic mass is 10.2. The topological polar surface area (TPSA) is 12.5 Å². The quantitative estimate of drug-likeness (QED) is 0.596. The lowest BCUT2D eigenvalue weighted by Gasteiger charge is -2.24. The van der Waals surface area contributed by atoms with Crippen LogP contribution in [0, 0.1) is 0 Å². The molecular weight excluding hydrogens is 270 g/mol. The van der Waals surface area contributed by atoms with Gasteiger partial charge in [-0.2, -0.15) is 0 Å². The van der Waals surface area contributed by atoms with E-state index in [0.29, 0.717) is 0 Å². The minimum Gasteiger partial charge on any atom is -0.379 e.